The van der Waals surface area contributed by atoms with Crippen LogP contribution in [0.3, 0.4) is 0 Å². The average Bonchev–Trinajstić information content (AvgIpc) is 3.79. The molecule has 8 aliphatic rings. The molecule has 19 nitrogen and oxygen atoms in total. The minimum atomic E-state index is -1.86. The van der Waals surface area contributed by atoms with Gasteiger partial charge in [-0.3, -0.25) is 4.79 Å². The van der Waals surface area contributed by atoms with Crippen LogP contribution >= 0.6 is 0 Å². The van der Waals surface area contributed by atoms with Gasteiger partial charge in [-0.05, 0) is 62.8 Å². The highest BCUT2D eigenvalue weighted by Crippen LogP contribution is 2.47. The van der Waals surface area contributed by atoms with Crippen LogP contribution in [0.2, 0.25) is 0 Å². The van der Waals surface area contributed by atoms with Crippen molar-refractivity contribution in [3.05, 3.63) is 59.3 Å². The number of hydrogen-bond acceptors (Lipinski definition) is 19. The zero-order valence-electron chi connectivity index (χ0n) is 47.8. The summed E-state index contributed by atoms with van der Waals surface area (Å²) in [6, 6.07) is 0. The summed E-state index contributed by atoms with van der Waals surface area (Å²) < 4.78 is 102. The van der Waals surface area contributed by atoms with Crippen LogP contribution in [-0.4, -0.2) is 200 Å². The summed E-state index contributed by atoms with van der Waals surface area (Å²) in [5.41, 5.74) is 0.0770. The summed E-state index contributed by atoms with van der Waals surface area (Å²) in [6.07, 6.45) is 5.24. The maximum Gasteiger partial charge on any atom is 0.316 e. The van der Waals surface area contributed by atoms with Crippen LogP contribution in [-0.2, 0) is 80.6 Å². The van der Waals surface area contributed by atoms with E-state index in [0.717, 1.165) is 12.0 Å². The van der Waals surface area contributed by atoms with E-state index in [2.05, 4.69) is 39.8 Å². The van der Waals surface area contributed by atoms with Gasteiger partial charge in [-0.15, -0.1) is 0 Å². The molecule has 25 atom stereocenters. The van der Waals surface area contributed by atoms with Gasteiger partial charge in [0.25, 0.3) is 0 Å². The number of hydrogen-bond donors (Lipinski definition) is 2. The van der Waals surface area contributed by atoms with Gasteiger partial charge in [-0.2, -0.15) is 0 Å². The molecule has 1 aliphatic carbocycles. The van der Waals surface area contributed by atoms with Crippen LogP contribution in [0, 0.1) is 23.7 Å². The molecular weight excluding hydrogens is 1000 g/mol. The summed E-state index contributed by atoms with van der Waals surface area (Å²) in [7, 11) is 9.68. The van der Waals surface area contributed by atoms with Gasteiger partial charge in [0.1, 0.15) is 66.5 Å². The molecule has 436 valence electrons. The Kier molecular flexibility index (Phi) is 20.6. The van der Waals surface area contributed by atoms with E-state index in [1.54, 1.807) is 61.7 Å². The van der Waals surface area contributed by atoms with Crippen LogP contribution in [0.15, 0.2) is 59.3 Å². The summed E-state index contributed by atoms with van der Waals surface area (Å²) >= 11 is 0. The predicted octanol–water partition coefficient (Wildman–Crippen LogP) is 5.82. The van der Waals surface area contributed by atoms with E-state index >= 15 is 0 Å². The molecule has 5 saturated heterocycles. The number of fused-ring (bicyclic) bond motifs is 2. The predicted molar refractivity (Wildman–Crippen MR) is 279 cm³/mol. The van der Waals surface area contributed by atoms with Gasteiger partial charge in [-0.1, -0.05) is 70.6 Å². The first-order valence-electron chi connectivity index (χ1n) is 27.9. The van der Waals surface area contributed by atoms with Crippen LogP contribution in [0.25, 0.3) is 0 Å². The first-order chi connectivity index (χ1) is 36.8. The lowest BCUT2D eigenvalue weighted by atomic mass is 9.71. The van der Waals surface area contributed by atoms with Crippen molar-refractivity contribution >= 4 is 5.97 Å². The lowest BCUT2D eigenvalue weighted by Gasteiger charge is -2.48. The normalized spacial score (nSPS) is 47.9. The molecule has 7 heterocycles. The van der Waals surface area contributed by atoms with Crippen molar-refractivity contribution in [1.29, 1.82) is 0 Å². The molecule has 0 amide bonds. The number of esters is 1. The zero-order chi connectivity index (χ0) is 55.5. The SMILES string of the molecule is CC[C@H](C)[C@H]1O[C@]2(C=C[C@@H]1C)C[C@@H]1C[C@@H](C/C=C(\C)[C@@H](O[C@H]3C[C@H](OC)[C@@H](O[C@H]4C[C@H](OC)[C@H](O[C@@H]5O[C@H](COC)[C@H](OC)[C@H](OC)[C@H]5OC)[C@H](C)O4)[C@H](C)O3)[C@@H](C)/C=C/C=C3\CO[C@@H]4[C@H](O)C(C)=C[C@@H](C(=O)O1)[C@]34O)O2. The molecule has 7 aliphatic heterocycles. The fourth-order valence-electron chi connectivity index (χ4n) is 13.0. The molecular formula is C58H90O19. The van der Waals surface area contributed by atoms with Gasteiger partial charge in [0, 0.05) is 80.2 Å². The molecule has 77 heavy (non-hydrogen) atoms. The Morgan fingerprint density at radius 2 is 1.42 bits per heavy atom. The highest BCUT2D eigenvalue weighted by Gasteiger charge is 2.60. The van der Waals surface area contributed by atoms with Crippen molar-refractivity contribution in [3.8, 4) is 0 Å². The van der Waals surface area contributed by atoms with Gasteiger partial charge in [0.05, 0.1) is 55.9 Å². The van der Waals surface area contributed by atoms with E-state index in [0.29, 0.717) is 36.8 Å². The number of allylic oxidation sites excluding steroid dienone is 2. The fraction of sp³-hybridized carbons (Fsp3) is 0.810. The number of carbonyl (C=O) groups excluding carboxylic acids is 1. The standard InChI is InChI=1S/C58H90O19/c1-15-30(2)48-33(5)21-22-57(77-48)27-39-24-38(76-57)20-19-32(4)47(31(3)17-16-18-37-28-68-54-46(59)34(6)23-40(55(60)71-39)58(37,54)61)73-44-25-41(63-10)49(35(7)69-44)74-45-26-42(64-11)50(36(8)70-45)75-56-53(67-14)52(66-13)51(65-12)43(72-56)29-62-9/h16-19,21-23,30-31,33,35-36,38-54,56,59,61H,15,20,24-29H2,1-14H3/b17-16+,32-19+,37-18+/t30-,31-,33-,35-,36-,38+,39-,40-,41-,42-,43+,44-,45-,46+,47-,48+,49-,50+,51-,52-,53+,54+,56-,57+,58+/m0/s1. The minimum absolute atomic E-state index is 0.0164. The number of aliphatic hydroxyl groups is 2. The fourth-order valence-corrected chi connectivity index (χ4v) is 13.0. The number of aliphatic hydroxyl groups excluding tert-OH is 1. The molecule has 0 aromatic carbocycles. The molecule has 1 spiro atoms. The highest BCUT2D eigenvalue weighted by molar-refractivity contribution is 5.78. The molecule has 0 aromatic heterocycles. The van der Waals surface area contributed by atoms with E-state index in [9.17, 15) is 15.0 Å². The largest absolute Gasteiger partial charge is 0.462 e. The molecule has 0 unspecified atom stereocenters. The van der Waals surface area contributed by atoms with Gasteiger partial charge < -0.3 is 86.0 Å². The Labute approximate surface area is 456 Å². The van der Waals surface area contributed by atoms with Crippen molar-refractivity contribution in [2.45, 2.75) is 222 Å². The summed E-state index contributed by atoms with van der Waals surface area (Å²) in [6.45, 7) is 16.5. The van der Waals surface area contributed by atoms with Crippen LogP contribution in [0.5, 0.6) is 0 Å². The number of methoxy groups -OCH3 is 6. The van der Waals surface area contributed by atoms with Gasteiger partial charge in [0.2, 0.25) is 0 Å². The van der Waals surface area contributed by atoms with E-state index in [1.165, 1.54) is 0 Å². The molecule has 0 radical (unpaired) electrons. The van der Waals surface area contributed by atoms with Crippen molar-refractivity contribution < 1.29 is 90.8 Å². The second kappa shape index (κ2) is 26.2. The molecule has 8 rings (SSSR count). The second-order valence-corrected chi connectivity index (χ2v) is 22.7. The monoisotopic (exact) mass is 1090 g/mol. The first kappa shape index (κ1) is 60.6. The zero-order valence-corrected chi connectivity index (χ0v) is 47.8. The third kappa shape index (κ3) is 12.8. The van der Waals surface area contributed by atoms with E-state index in [4.69, 9.17) is 75.8 Å². The Balaban J connectivity index is 1.00. The second-order valence-electron chi connectivity index (χ2n) is 22.7. The molecule has 5 fully saturated rings. The molecule has 2 N–H and O–H groups in total. The van der Waals surface area contributed by atoms with Crippen molar-refractivity contribution in [2.75, 3.05) is 55.9 Å². The first-order valence-corrected chi connectivity index (χ1v) is 27.9. The van der Waals surface area contributed by atoms with Crippen molar-refractivity contribution in [1.82, 2.24) is 0 Å². The Bertz CT molecular complexity index is 2110. The molecule has 19 heteroatoms. The van der Waals surface area contributed by atoms with E-state index in [-0.39, 0.29) is 43.5 Å². The van der Waals surface area contributed by atoms with E-state index < -0.39 is 134 Å². The van der Waals surface area contributed by atoms with Gasteiger partial charge in [-0.25, -0.2) is 0 Å². The Morgan fingerprint density at radius 3 is 2.05 bits per heavy atom. The Hall–Kier alpha value is -2.51. The van der Waals surface area contributed by atoms with Crippen LogP contribution < -0.4 is 0 Å². The van der Waals surface area contributed by atoms with Crippen molar-refractivity contribution in [3.63, 3.8) is 0 Å². The highest BCUT2D eigenvalue weighted by atomic mass is 16.8. The van der Waals surface area contributed by atoms with Crippen LogP contribution in [0.4, 0.5) is 0 Å². The average molecular weight is 1090 g/mol. The van der Waals surface area contributed by atoms with E-state index in [1.807, 2.05) is 39.0 Å². The summed E-state index contributed by atoms with van der Waals surface area (Å²) in [4.78, 5) is 14.5. The smallest absolute Gasteiger partial charge is 0.316 e. The maximum absolute atomic E-state index is 14.5. The number of rotatable bonds is 15. The molecule has 2 bridgehead atoms. The lowest BCUT2D eigenvalue weighted by molar-refractivity contribution is -0.357. The Morgan fingerprint density at radius 1 is 0.753 bits per heavy atom. The lowest BCUT2D eigenvalue weighted by Crippen LogP contribution is -2.63. The summed E-state index contributed by atoms with van der Waals surface area (Å²) in [5.74, 6) is -2.68. The van der Waals surface area contributed by atoms with Gasteiger partial charge in [0.15, 0.2) is 24.7 Å². The van der Waals surface area contributed by atoms with Crippen molar-refractivity contribution in [2.24, 2.45) is 23.7 Å². The van der Waals surface area contributed by atoms with Gasteiger partial charge >= 0.3 is 5.97 Å². The topological polar surface area (TPSA) is 205 Å². The maximum atomic E-state index is 14.5. The summed E-state index contributed by atoms with van der Waals surface area (Å²) in [5, 5.41) is 23.9. The number of carbonyl (C=O) groups is 1. The third-order valence-corrected chi connectivity index (χ3v) is 17.5. The minimum Gasteiger partial charge on any atom is -0.462 e. The molecule has 0 aromatic rings. The third-order valence-electron chi connectivity index (χ3n) is 17.5. The molecule has 0 saturated carbocycles. The van der Waals surface area contributed by atoms with Crippen LogP contribution in [0.1, 0.15) is 93.9 Å². The quantitative estimate of drug-likeness (QED) is 0.147. The number of ether oxygens (including phenoxy) is 16.